The van der Waals surface area contributed by atoms with E-state index in [2.05, 4.69) is 0 Å². The summed E-state index contributed by atoms with van der Waals surface area (Å²) in [5.74, 6) is 0.990. The molecule has 0 radical (unpaired) electrons. The van der Waals surface area contributed by atoms with E-state index in [0.29, 0.717) is 30.2 Å². The van der Waals surface area contributed by atoms with Gasteiger partial charge >= 0.3 is 5.97 Å². The van der Waals surface area contributed by atoms with Crippen LogP contribution in [0.25, 0.3) is 0 Å². The van der Waals surface area contributed by atoms with E-state index in [4.69, 9.17) is 19.9 Å². The first kappa shape index (κ1) is 21.2. The van der Waals surface area contributed by atoms with Gasteiger partial charge in [0.2, 0.25) is 0 Å². The fraction of sp³-hybridized carbons (Fsp3) is 0.240. The van der Waals surface area contributed by atoms with Gasteiger partial charge in [-0.25, -0.2) is 4.79 Å². The minimum atomic E-state index is -0.407. The Balaban J connectivity index is 1.43. The number of rotatable bonds is 10. The van der Waals surface area contributed by atoms with Gasteiger partial charge in [-0.15, -0.1) is 0 Å². The Morgan fingerprint density at radius 1 is 0.833 bits per heavy atom. The van der Waals surface area contributed by atoms with E-state index in [9.17, 15) is 4.79 Å². The van der Waals surface area contributed by atoms with Crippen molar-refractivity contribution >= 4 is 11.7 Å². The third kappa shape index (κ3) is 6.27. The SMILES string of the molecule is Cc1ccccc1OCCCCOc1cc(C(=O)OCc2ccccc2)ccc1N. The minimum Gasteiger partial charge on any atom is -0.493 e. The normalized spacial score (nSPS) is 10.4. The molecule has 3 rings (SSSR count). The van der Waals surface area contributed by atoms with Crippen LogP contribution in [0.4, 0.5) is 5.69 Å². The monoisotopic (exact) mass is 405 g/mol. The van der Waals surface area contributed by atoms with Crippen molar-refractivity contribution in [3.8, 4) is 11.5 Å². The fourth-order valence-electron chi connectivity index (χ4n) is 2.88. The van der Waals surface area contributed by atoms with Crippen LogP contribution in [-0.4, -0.2) is 19.2 Å². The molecule has 3 aromatic carbocycles. The number of benzene rings is 3. The summed E-state index contributed by atoms with van der Waals surface area (Å²) in [4.78, 5) is 12.3. The first-order valence-corrected chi connectivity index (χ1v) is 10.1. The van der Waals surface area contributed by atoms with Crippen LogP contribution < -0.4 is 15.2 Å². The molecule has 3 aromatic rings. The van der Waals surface area contributed by atoms with Gasteiger partial charge in [0.05, 0.1) is 24.5 Å². The summed E-state index contributed by atoms with van der Waals surface area (Å²) in [6, 6.07) is 22.4. The maximum absolute atomic E-state index is 12.3. The average Bonchev–Trinajstić information content (AvgIpc) is 2.77. The van der Waals surface area contributed by atoms with Crippen LogP contribution in [0.3, 0.4) is 0 Å². The van der Waals surface area contributed by atoms with Gasteiger partial charge in [0, 0.05) is 0 Å². The second-order valence-corrected chi connectivity index (χ2v) is 6.98. The van der Waals surface area contributed by atoms with Crippen LogP contribution in [0.15, 0.2) is 72.8 Å². The molecule has 0 spiro atoms. The Hall–Kier alpha value is -3.47. The van der Waals surface area contributed by atoms with Crippen molar-refractivity contribution in [3.05, 3.63) is 89.5 Å². The molecule has 5 heteroatoms. The molecule has 2 N–H and O–H groups in total. The number of carbonyl (C=O) groups is 1. The standard InChI is InChI=1S/C25H27NO4/c1-19-9-5-6-12-23(19)28-15-7-8-16-29-24-17-21(13-14-22(24)26)25(27)30-18-20-10-3-2-4-11-20/h2-6,9-14,17H,7-8,15-16,18,26H2,1H3. The first-order valence-electron chi connectivity index (χ1n) is 10.1. The van der Waals surface area contributed by atoms with Crippen molar-refractivity contribution < 1.29 is 19.0 Å². The molecule has 5 nitrogen and oxygen atoms in total. The van der Waals surface area contributed by atoms with Crippen LogP contribution in [0.5, 0.6) is 11.5 Å². The molecule has 156 valence electrons. The zero-order valence-electron chi connectivity index (χ0n) is 17.2. The number of hydrogen-bond donors (Lipinski definition) is 1. The maximum Gasteiger partial charge on any atom is 0.338 e. The number of nitrogen functional groups attached to an aromatic ring is 1. The molecule has 0 aromatic heterocycles. The van der Waals surface area contributed by atoms with Gasteiger partial charge < -0.3 is 19.9 Å². The van der Waals surface area contributed by atoms with Crippen molar-refractivity contribution in [1.29, 1.82) is 0 Å². The van der Waals surface area contributed by atoms with Crippen LogP contribution in [0.1, 0.15) is 34.3 Å². The highest BCUT2D eigenvalue weighted by Crippen LogP contribution is 2.24. The minimum absolute atomic E-state index is 0.223. The number of esters is 1. The summed E-state index contributed by atoms with van der Waals surface area (Å²) in [6.07, 6.45) is 1.67. The van der Waals surface area contributed by atoms with E-state index in [1.807, 2.05) is 61.5 Å². The highest BCUT2D eigenvalue weighted by atomic mass is 16.5. The molecule has 0 saturated carbocycles. The van der Waals surface area contributed by atoms with Crippen LogP contribution in [0.2, 0.25) is 0 Å². The van der Waals surface area contributed by atoms with Crippen LogP contribution in [-0.2, 0) is 11.3 Å². The number of nitrogens with two attached hydrogens (primary N) is 1. The van der Waals surface area contributed by atoms with E-state index in [-0.39, 0.29) is 6.61 Å². The van der Waals surface area contributed by atoms with E-state index in [0.717, 1.165) is 29.7 Å². The summed E-state index contributed by atoms with van der Waals surface area (Å²) in [5.41, 5.74) is 8.95. The third-order valence-electron chi connectivity index (χ3n) is 4.61. The van der Waals surface area contributed by atoms with Crippen molar-refractivity contribution in [2.75, 3.05) is 18.9 Å². The highest BCUT2D eigenvalue weighted by Gasteiger charge is 2.11. The molecular formula is C25H27NO4. The zero-order chi connectivity index (χ0) is 21.2. The Labute approximate surface area is 177 Å². The van der Waals surface area contributed by atoms with E-state index >= 15 is 0 Å². The summed E-state index contributed by atoms with van der Waals surface area (Å²) < 4.78 is 16.9. The number of hydrogen-bond acceptors (Lipinski definition) is 5. The highest BCUT2D eigenvalue weighted by molar-refractivity contribution is 5.90. The molecule has 0 aliphatic rings. The second kappa shape index (κ2) is 10.9. The molecule has 0 aliphatic heterocycles. The lowest BCUT2D eigenvalue weighted by Gasteiger charge is -2.12. The quantitative estimate of drug-likeness (QED) is 0.286. The lowest BCUT2D eigenvalue weighted by Crippen LogP contribution is -2.08. The van der Waals surface area contributed by atoms with Crippen molar-refractivity contribution in [3.63, 3.8) is 0 Å². The molecule has 0 bridgehead atoms. The summed E-state index contributed by atoms with van der Waals surface area (Å²) in [6.45, 7) is 3.36. The van der Waals surface area contributed by atoms with E-state index in [1.165, 1.54) is 0 Å². The molecule has 0 amide bonds. The van der Waals surface area contributed by atoms with Crippen LogP contribution in [0, 0.1) is 6.92 Å². The maximum atomic E-state index is 12.3. The second-order valence-electron chi connectivity index (χ2n) is 6.98. The number of para-hydroxylation sites is 1. The smallest absolute Gasteiger partial charge is 0.338 e. The number of unbranched alkanes of at least 4 members (excludes halogenated alkanes) is 1. The molecule has 0 heterocycles. The number of anilines is 1. The van der Waals surface area contributed by atoms with Crippen LogP contribution >= 0.6 is 0 Å². The largest absolute Gasteiger partial charge is 0.493 e. The van der Waals surface area contributed by atoms with Gasteiger partial charge in [0.25, 0.3) is 0 Å². The molecule has 0 atom stereocenters. The molecular weight excluding hydrogens is 378 g/mol. The van der Waals surface area contributed by atoms with Gasteiger partial charge in [0.1, 0.15) is 18.1 Å². The third-order valence-corrected chi connectivity index (χ3v) is 4.61. The lowest BCUT2D eigenvalue weighted by atomic mass is 10.2. The fourth-order valence-corrected chi connectivity index (χ4v) is 2.88. The Bertz CT molecular complexity index is 956. The molecule has 30 heavy (non-hydrogen) atoms. The average molecular weight is 405 g/mol. The first-order chi connectivity index (χ1) is 14.6. The summed E-state index contributed by atoms with van der Waals surface area (Å²) in [7, 11) is 0. The molecule has 0 aliphatic carbocycles. The predicted octanol–water partition coefficient (Wildman–Crippen LogP) is 5.17. The Kier molecular flexibility index (Phi) is 7.72. The predicted molar refractivity (Wildman–Crippen MR) is 118 cm³/mol. The number of ether oxygens (including phenoxy) is 3. The van der Waals surface area contributed by atoms with E-state index < -0.39 is 5.97 Å². The Morgan fingerprint density at radius 3 is 2.23 bits per heavy atom. The zero-order valence-corrected chi connectivity index (χ0v) is 17.2. The topological polar surface area (TPSA) is 70.8 Å². The number of carbonyl (C=O) groups excluding carboxylic acids is 1. The summed E-state index contributed by atoms with van der Waals surface area (Å²) >= 11 is 0. The van der Waals surface area contributed by atoms with Crippen molar-refractivity contribution in [1.82, 2.24) is 0 Å². The van der Waals surface area contributed by atoms with Crippen molar-refractivity contribution in [2.45, 2.75) is 26.4 Å². The molecule has 0 unspecified atom stereocenters. The van der Waals surface area contributed by atoms with Crippen molar-refractivity contribution in [2.24, 2.45) is 0 Å². The summed E-state index contributed by atoms with van der Waals surface area (Å²) in [5, 5.41) is 0. The molecule has 0 saturated heterocycles. The van der Waals surface area contributed by atoms with Gasteiger partial charge in [-0.2, -0.15) is 0 Å². The van der Waals surface area contributed by atoms with Gasteiger partial charge in [-0.1, -0.05) is 48.5 Å². The lowest BCUT2D eigenvalue weighted by molar-refractivity contribution is 0.0472. The van der Waals surface area contributed by atoms with Gasteiger partial charge in [0.15, 0.2) is 0 Å². The molecule has 0 fully saturated rings. The van der Waals surface area contributed by atoms with Gasteiger partial charge in [-0.3, -0.25) is 0 Å². The number of aryl methyl sites for hydroxylation is 1. The van der Waals surface area contributed by atoms with E-state index in [1.54, 1.807) is 18.2 Å². The van der Waals surface area contributed by atoms with Gasteiger partial charge in [-0.05, 0) is 55.2 Å². The Morgan fingerprint density at radius 2 is 1.50 bits per heavy atom.